The lowest BCUT2D eigenvalue weighted by Gasteiger charge is -2.05. The third-order valence-electron chi connectivity index (χ3n) is 1.29. The predicted octanol–water partition coefficient (Wildman–Crippen LogP) is 2.56. The Hall–Kier alpha value is 0.150. The van der Waals surface area contributed by atoms with E-state index in [1.54, 1.807) is 0 Å². The highest BCUT2D eigenvalue weighted by Crippen LogP contribution is 2.39. The molecule has 0 aromatic carbocycles. The zero-order valence-electron chi connectivity index (χ0n) is 6.95. The summed E-state index contributed by atoms with van der Waals surface area (Å²) < 4.78 is 15.0. The van der Waals surface area contributed by atoms with Crippen molar-refractivity contribution in [1.82, 2.24) is 0 Å². The number of hydrogen-bond donors (Lipinski definition) is 1. The topological polar surface area (TPSA) is 46.5 Å². The van der Waals surface area contributed by atoms with E-state index in [1.807, 2.05) is 0 Å². The molecule has 0 aliphatic carbocycles. The summed E-state index contributed by atoms with van der Waals surface area (Å²) in [5, 5.41) is 0. The molecular formula is C7H16O3P. The van der Waals surface area contributed by atoms with Crippen LogP contribution in [0.3, 0.4) is 0 Å². The van der Waals surface area contributed by atoms with Crippen LogP contribution in [0.4, 0.5) is 0 Å². The van der Waals surface area contributed by atoms with Crippen molar-refractivity contribution in [3.8, 4) is 0 Å². The lowest BCUT2D eigenvalue weighted by Crippen LogP contribution is -1.90. The highest BCUT2D eigenvalue weighted by Gasteiger charge is 2.08. The molecule has 0 bridgehead atoms. The van der Waals surface area contributed by atoms with Crippen LogP contribution in [0.5, 0.6) is 0 Å². The third kappa shape index (κ3) is 10.2. The van der Waals surface area contributed by atoms with Crippen LogP contribution in [-0.4, -0.2) is 11.5 Å². The van der Waals surface area contributed by atoms with E-state index in [0.717, 1.165) is 25.7 Å². The van der Waals surface area contributed by atoms with Crippen molar-refractivity contribution in [1.29, 1.82) is 0 Å². The molecule has 0 aromatic heterocycles. The van der Waals surface area contributed by atoms with E-state index in [1.165, 1.54) is 0 Å². The first-order chi connectivity index (χ1) is 5.06. The van der Waals surface area contributed by atoms with Crippen molar-refractivity contribution >= 4 is 7.60 Å². The SMILES string of the molecule is [CH2]P(=O)(O)OCCCCCC. The van der Waals surface area contributed by atoms with Gasteiger partial charge in [0.1, 0.15) is 0 Å². The van der Waals surface area contributed by atoms with Crippen LogP contribution in [0.1, 0.15) is 32.6 Å². The zero-order chi connectivity index (χ0) is 8.74. The second-order valence-corrected chi connectivity index (χ2v) is 4.06. The molecule has 1 unspecified atom stereocenters. The largest absolute Gasteiger partial charge is 0.328 e. The smallest absolute Gasteiger partial charge is 0.324 e. The second-order valence-electron chi connectivity index (χ2n) is 2.53. The molecule has 0 aliphatic heterocycles. The Morgan fingerprint density at radius 3 is 2.55 bits per heavy atom. The van der Waals surface area contributed by atoms with Crippen molar-refractivity contribution in [2.45, 2.75) is 32.6 Å². The summed E-state index contributed by atoms with van der Waals surface area (Å²) in [6.45, 7) is 5.43. The van der Waals surface area contributed by atoms with E-state index in [-0.39, 0.29) is 0 Å². The highest BCUT2D eigenvalue weighted by molar-refractivity contribution is 7.54. The number of hydrogen-bond acceptors (Lipinski definition) is 2. The number of unbranched alkanes of at least 4 members (excludes halogenated alkanes) is 3. The lowest BCUT2D eigenvalue weighted by molar-refractivity contribution is 0.260. The van der Waals surface area contributed by atoms with Crippen molar-refractivity contribution in [3.05, 3.63) is 6.66 Å². The monoisotopic (exact) mass is 179 g/mol. The molecular weight excluding hydrogens is 163 g/mol. The molecule has 0 fully saturated rings. The first-order valence-electron chi connectivity index (χ1n) is 3.88. The molecule has 0 saturated heterocycles. The minimum Gasteiger partial charge on any atom is -0.324 e. The number of rotatable bonds is 6. The van der Waals surface area contributed by atoms with Crippen LogP contribution in [0.25, 0.3) is 0 Å². The van der Waals surface area contributed by atoms with E-state index >= 15 is 0 Å². The molecule has 0 heterocycles. The molecule has 67 valence electrons. The van der Waals surface area contributed by atoms with Crippen LogP contribution in [-0.2, 0) is 9.09 Å². The van der Waals surface area contributed by atoms with Crippen LogP contribution in [0, 0.1) is 6.66 Å². The van der Waals surface area contributed by atoms with Gasteiger partial charge in [0.05, 0.1) is 13.3 Å². The molecule has 0 saturated carbocycles. The fourth-order valence-corrected chi connectivity index (χ4v) is 1.15. The average molecular weight is 179 g/mol. The lowest BCUT2D eigenvalue weighted by atomic mass is 10.2. The molecule has 4 heteroatoms. The maximum absolute atomic E-state index is 10.5. The maximum Gasteiger partial charge on any atom is 0.328 e. The molecule has 1 radical (unpaired) electrons. The van der Waals surface area contributed by atoms with Crippen LogP contribution in [0.2, 0.25) is 0 Å². The van der Waals surface area contributed by atoms with E-state index < -0.39 is 7.60 Å². The van der Waals surface area contributed by atoms with Crippen molar-refractivity contribution in [3.63, 3.8) is 0 Å². The summed E-state index contributed by atoms with van der Waals surface area (Å²) in [6.07, 6.45) is 4.20. The van der Waals surface area contributed by atoms with Gasteiger partial charge < -0.3 is 9.42 Å². The molecule has 0 spiro atoms. The van der Waals surface area contributed by atoms with Gasteiger partial charge in [0.25, 0.3) is 0 Å². The Morgan fingerprint density at radius 1 is 1.45 bits per heavy atom. The molecule has 3 nitrogen and oxygen atoms in total. The first-order valence-corrected chi connectivity index (χ1v) is 5.64. The van der Waals surface area contributed by atoms with Gasteiger partial charge in [-0.1, -0.05) is 26.2 Å². The highest BCUT2D eigenvalue weighted by atomic mass is 31.2. The fourth-order valence-electron chi connectivity index (χ4n) is 0.736. The molecule has 1 atom stereocenters. The Labute approximate surface area is 68.3 Å². The molecule has 0 aliphatic rings. The molecule has 0 aromatic rings. The summed E-state index contributed by atoms with van der Waals surface area (Å²) in [5.41, 5.74) is 0. The summed E-state index contributed by atoms with van der Waals surface area (Å²) in [6, 6.07) is 0. The predicted molar refractivity (Wildman–Crippen MR) is 45.3 cm³/mol. The first kappa shape index (κ1) is 11.2. The van der Waals surface area contributed by atoms with E-state index in [4.69, 9.17) is 4.89 Å². The maximum atomic E-state index is 10.5. The summed E-state index contributed by atoms with van der Waals surface area (Å²) in [5.74, 6) is 0. The van der Waals surface area contributed by atoms with E-state index in [9.17, 15) is 4.57 Å². The summed E-state index contributed by atoms with van der Waals surface area (Å²) in [4.78, 5) is 8.60. The quantitative estimate of drug-likeness (QED) is 0.503. The second kappa shape index (κ2) is 5.76. The molecule has 1 N–H and O–H groups in total. The van der Waals surface area contributed by atoms with Crippen LogP contribution >= 0.6 is 7.60 Å². The van der Waals surface area contributed by atoms with Crippen molar-refractivity contribution in [2.75, 3.05) is 6.61 Å². The molecule has 0 rings (SSSR count). The van der Waals surface area contributed by atoms with Gasteiger partial charge in [-0.2, -0.15) is 0 Å². The van der Waals surface area contributed by atoms with Gasteiger partial charge in [-0.15, -0.1) is 0 Å². The van der Waals surface area contributed by atoms with Crippen molar-refractivity contribution < 1.29 is 14.0 Å². The average Bonchev–Trinajstić information content (AvgIpc) is 1.85. The fraction of sp³-hybridized carbons (Fsp3) is 0.857. The van der Waals surface area contributed by atoms with Gasteiger partial charge in [0.15, 0.2) is 0 Å². The van der Waals surface area contributed by atoms with Gasteiger partial charge >= 0.3 is 7.60 Å². The Morgan fingerprint density at radius 2 is 2.09 bits per heavy atom. The zero-order valence-corrected chi connectivity index (χ0v) is 7.85. The molecule has 0 amide bonds. The van der Waals surface area contributed by atoms with E-state index in [2.05, 4.69) is 18.1 Å². The van der Waals surface area contributed by atoms with Gasteiger partial charge in [0.2, 0.25) is 0 Å². The minimum absolute atomic E-state index is 0.345. The van der Waals surface area contributed by atoms with E-state index in [0.29, 0.717) is 6.61 Å². The van der Waals surface area contributed by atoms with Crippen molar-refractivity contribution in [2.24, 2.45) is 0 Å². The van der Waals surface area contributed by atoms with Crippen LogP contribution in [0.15, 0.2) is 0 Å². The van der Waals surface area contributed by atoms with Gasteiger partial charge in [0, 0.05) is 0 Å². The summed E-state index contributed by atoms with van der Waals surface area (Å²) in [7, 11) is -3.46. The Balaban J connectivity index is 3.09. The molecule has 11 heavy (non-hydrogen) atoms. The normalized spacial score (nSPS) is 16.3. The van der Waals surface area contributed by atoms with Gasteiger partial charge in [-0.05, 0) is 6.42 Å². The van der Waals surface area contributed by atoms with Gasteiger partial charge in [-0.25, -0.2) is 0 Å². The summed E-state index contributed by atoms with van der Waals surface area (Å²) >= 11 is 0. The van der Waals surface area contributed by atoms with Crippen LogP contribution < -0.4 is 0 Å². The third-order valence-corrected chi connectivity index (χ3v) is 1.88. The Kier molecular flexibility index (Phi) is 5.83. The van der Waals surface area contributed by atoms with Gasteiger partial charge in [-0.3, -0.25) is 4.57 Å². The standard InChI is InChI=1S/C7H16O3P/c1-3-4-5-6-7-10-11(2,8)9/h2-7H2,1H3,(H,8,9). The minimum atomic E-state index is -3.46. The Bertz CT molecular complexity index is 130.